The highest BCUT2D eigenvalue weighted by Gasteiger charge is 2.24. The van der Waals surface area contributed by atoms with Gasteiger partial charge in [-0.1, -0.05) is 13.8 Å². The number of aromatic nitrogens is 3. The molecule has 4 heterocycles. The first kappa shape index (κ1) is 27.0. The number of thiazole rings is 1. The Balaban J connectivity index is 1.67. The van der Waals surface area contributed by atoms with E-state index in [1.165, 1.54) is 16.6 Å². The number of carbonyl (C=O) groups excluding carboxylic acids is 1. The molecule has 3 aromatic rings. The molecule has 1 saturated heterocycles. The quantitative estimate of drug-likeness (QED) is 0.362. The van der Waals surface area contributed by atoms with Crippen molar-refractivity contribution in [1.29, 1.82) is 0 Å². The summed E-state index contributed by atoms with van der Waals surface area (Å²) in [7, 11) is 0. The van der Waals surface area contributed by atoms with Crippen LogP contribution in [0.15, 0.2) is 34.6 Å². The minimum absolute atomic E-state index is 0.270. The van der Waals surface area contributed by atoms with Gasteiger partial charge in [-0.05, 0) is 69.7 Å². The third-order valence-corrected chi connectivity index (χ3v) is 7.11. The first-order valence-corrected chi connectivity index (χ1v) is 13.7. The van der Waals surface area contributed by atoms with Crippen LogP contribution in [0.5, 0.6) is 0 Å². The van der Waals surface area contributed by atoms with Crippen LogP contribution in [0.3, 0.4) is 0 Å². The number of nitrogens with zero attached hydrogens (tertiary/aromatic N) is 4. The molecule has 0 unspecified atom stereocenters. The van der Waals surface area contributed by atoms with E-state index in [4.69, 9.17) is 14.7 Å². The highest BCUT2D eigenvalue weighted by atomic mass is 32.1. The Morgan fingerprint density at radius 2 is 2.08 bits per heavy atom. The van der Waals surface area contributed by atoms with E-state index >= 15 is 0 Å². The molecule has 4 rings (SSSR count). The van der Waals surface area contributed by atoms with Crippen molar-refractivity contribution in [2.24, 2.45) is 0 Å². The number of hydrogen-bond donors (Lipinski definition) is 1. The molecule has 0 saturated carbocycles. The number of hydrogen-bond acceptors (Lipinski definition) is 8. The van der Waals surface area contributed by atoms with Crippen LogP contribution in [0.4, 0.5) is 5.82 Å². The van der Waals surface area contributed by atoms with Gasteiger partial charge in [0.15, 0.2) is 0 Å². The van der Waals surface area contributed by atoms with Crippen LogP contribution in [0.2, 0.25) is 0 Å². The predicted molar refractivity (Wildman–Crippen MR) is 147 cm³/mol. The molecule has 1 fully saturated rings. The number of aliphatic hydroxyl groups excluding tert-OH is 1. The van der Waals surface area contributed by atoms with E-state index in [1.54, 1.807) is 38.3 Å². The number of rotatable bonds is 7. The molecule has 37 heavy (non-hydrogen) atoms. The first-order valence-electron chi connectivity index (χ1n) is 12.8. The molecule has 198 valence electrons. The molecule has 0 aromatic carbocycles. The molecule has 1 N–H and O–H groups in total. The minimum atomic E-state index is -0.636. The predicted octanol–water partition coefficient (Wildman–Crippen LogP) is 4.38. The summed E-state index contributed by atoms with van der Waals surface area (Å²) in [5.74, 6) is 0.356. The highest BCUT2D eigenvalue weighted by Crippen LogP contribution is 2.24. The van der Waals surface area contributed by atoms with Crippen LogP contribution in [-0.4, -0.2) is 50.2 Å². The SMILES string of the molecule is CC(C)c1csc(CCc2ccn3c(=O)c(/C=C/C(=O)OC(C)(C)C)c(N4CCC[C@@H](O)C4)nc3c2)n1. The number of aryl methyl sites for hydroxylation is 2. The van der Waals surface area contributed by atoms with Crippen molar-refractivity contribution in [3.05, 3.63) is 62.0 Å². The summed E-state index contributed by atoms with van der Waals surface area (Å²) in [6, 6.07) is 3.86. The molecule has 3 aromatic heterocycles. The maximum atomic E-state index is 13.6. The van der Waals surface area contributed by atoms with Gasteiger partial charge in [-0.15, -0.1) is 11.3 Å². The second kappa shape index (κ2) is 11.1. The molecular formula is C28H36N4O4S. The van der Waals surface area contributed by atoms with Crippen LogP contribution in [0.25, 0.3) is 11.7 Å². The number of piperidine rings is 1. The summed E-state index contributed by atoms with van der Waals surface area (Å²) in [6.07, 6.45) is 7.12. The Bertz CT molecular complexity index is 1350. The Morgan fingerprint density at radius 1 is 1.30 bits per heavy atom. The average Bonchev–Trinajstić information content (AvgIpc) is 3.30. The molecule has 1 aliphatic heterocycles. The van der Waals surface area contributed by atoms with Crippen LogP contribution in [0.1, 0.15) is 75.2 Å². The monoisotopic (exact) mass is 524 g/mol. The van der Waals surface area contributed by atoms with Gasteiger partial charge < -0.3 is 14.7 Å². The number of carbonyl (C=O) groups is 1. The van der Waals surface area contributed by atoms with Crippen LogP contribution in [-0.2, 0) is 22.4 Å². The number of ether oxygens (including phenoxy) is 1. The summed E-state index contributed by atoms with van der Waals surface area (Å²) in [6.45, 7) is 10.7. The smallest absolute Gasteiger partial charge is 0.331 e. The number of esters is 1. The Hall–Kier alpha value is -3.04. The van der Waals surface area contributed by atoms with Crippen LogP contribution >= 0.6 is 11.3 Å². The Labute approximate surface area is 221 Å². The normalized spacial score (nSPS) is 16.7. The van der Waals surface area contributed by atoms with E-state index in [0.29, 0.717) is 42.5 Å². The number of β-amino-alcohol motifs (C(OH)–C–C–N with tert-alkyl or cyclic N) is 1. The Kier molecular flexibility index (Phi) is 8.14. The van der Waals surface area contributed by atoms with Crippen molar-refractivity contribution in [3.63, 3.8) is 0 Å². The highest BCUT2D eigenvalue weighted by molar-refractivity contribution is 7.09. The van der Waals surface area contributed by atoms with E-state index in [9.17, 15) is 14.7 Å². The van der Waals surface area contributed by atoms with Gasteiger partial charge in [0.2, 0.25) is 0 Å². The summed E-state index contributed by atoms with van der Waals surface area (Å²) in [5, 5.41) is 13.5. The zero-order valence-electron chi connectivity index (χ0n) is 22.2. The second-order valence-electron chi connectivity index (χ2n) is 10.8. The van der Waals surface area contributed by atoms with Crippen molar-refractivity contribution in [2.45, 2.75) is 77.9 Å². The number of aliphatic hydroxyl groups is 1. The van der Waals surface area contributed by atoms with E-state index in [-0.39, 0.29) is 5.56 Å². The number of anilines is 1. The zero-order valence-corrected chi connectivity index (χ0v) is 23.0. The molecule has 0 radical (unpaired) electrons. The number of fused-ring (bicyclic) bond motifs is 1. The summed E-state index contributed by atoms with van der Waals surface area (Å²) >= 11 is 1.68. The van der Waals surface area contributed by atoms with E-state index in [1.807, 2.05) is 17.0 Å². The largest absolute Gasteiger partial charge is 0.457 e. The molecule has 0 bridgehead atoms. The summed E-state index contributed by atoms with van der Waals surface area (Å²) < 4.78 is 6.87. The summed E-state index contributed by atoms with van der Waals surface area (Å²) in [4.78, 5) is 37.4. The van der Waals surface area contributed by atoms with Crippen molar-refractivity contribution in [3.8, 4) is 0 Å². The fourth-order valence-electron chi connectivity index (χ4n) is 4.32. The first-order chi connectivity index (χ1) is 17.5. The minimum Gasteiger partial charge on any atom is -0.457 e. The third-order valence-electron chi connectivity index (χ3n) is 6.19. The lowest BCUT2D eigenvalue weighted by atomic mass is 10.1. The standard InChI is InChI=1S/C28H36N4O4S/c1-18(2)22-17-37-24(29-22)10-8-19-12-14-32-23(15-19)30-26(31-13-6-7-20(33)16-31)21(27(32)35)9-11-25(34)36-28(3,4)5/h9,11-12,14-15,17-18,20,33H,6-8,10,13,16H2,1-5H3/b11-9+/t20-/m1/s1. The average molecular weight is 525 g/mol. The number of pyridine rings is 1. The lowest BCUT2D eigenvalue weighted by Crippen LogP contribution is -2.40. The molecule has 1 atom stereocenters. The van der Waals surface area contributed by atoms with Crippen molar-refractivity contribution >= 4 is 34.8 Å². The van der Waals surface area contributed by atoms with Gasteiger partial charge in [-0.3, -0.25) is 9.20 Å². The molecular weight excluding hydrogens is 488 g/mol. The fraction of sp³-hybridized carbons (Fsp3) is 0.500. The van der Waals surface area contributed by atoms with E-state index in [0.717, 1.165) is 35.5 Å². The lowest BCUT2D eigenvalue weighted by molar-refractivity contribution is -0.148. The molecule has 0 amide bonds. The van der Waals surface area contributed by atoms with Crippen molar-refractivity contribution in [1.82, 2.24) is 14.4 Å². The van der Waals surface area contributed by atoms with Gasteiger partial charge in [-0.2, -0.15) is 0 Å². The van der Waals surface area contributed by atoms with E-state index < -0.39 is 17.7 Å². The summed E-state index contributed by atoms with van der Waals surface area (Å²) in [5.41, 5.74) is 2.11. The molecule has 0 aliphatic carbocycles. The molecule has 9 heteroatoms. The molecule has 0 spiro atoms. The van der Waals surface area contributed by atoms with Gasteiger partial charge in [0.05, 0.1) is 22.4 Å². The fourth-order valence-corrected chi connectivity index (χ4v) is 5.27. The van der Waals surface area contributed by atoms with Crippen molar-refractivity contribution in [2.75, 3.05) is 18.0 Å². The molecule has 1 aliphatic rings. The van der Waals surface area contributed by atoms with Crippen LogP contribution in [0, 0.1) is 0 Å². The van der Waals surface area contributed by atoms with Gasteiger partial charge >= 0.3 is 5.97 Å². The van der Waals surface area contributed by atoms with Crippen molar-refractivity contribution < 1.29 is 14.6 Å². The maximum absolute atomic E-state index is 13.6. The topological polar surface area (TPSA) is 97.0 Å². The van der Waals surface area contributed by atoms with E-state index in [2.05, 4.69) is 19.2 Å². The lowest BCUT2D eigenvalue weighted by Gasteiger charge is -2.32. The van der Waals surface area contributed by atoms with Gasteiger partial charge in [0.1, 0.15) is 17.1 Å². The molecule has 8 nitrogen and oxygen atoms in total. The van der Waals surface area contributed by atoms with Crippen LogP contribution < -0.4 is 10.5 Å². The Morgan fingerprint density at radius 3 is 2.76 bits per heavy atom. The zero-order chi connectivity index (χ0) is 26.7. The maximum Gasteiger partial charge on any atom is 0.331 e. The van der Waals surface area contributed by atoms with Gasteiger partial charge in [0, 0.05) is 37.2 Å². The second-order valence-corrected chi connectivity index (χ2v) is 11.8. The van der Waals surface area contributed by atoms with Gasteiger partial charge in [-0.25, -0.2) is 14.8 Å². The van der Waals surface area contributed by atoms with Gasteiger partial charge in [0.25, 0.3) is 5.56 Å². The third kappa shape index (κ3) is 6.84.